The van der Waals surface area contributed by atoms with Crippen LogP contribution in [0.2, 0.25) is 0 Å². The molecule has 1 aromatic rings. The molecule has 0 radical (unpaired) electrons. The zero-order chi connectivity index (χ0) is 17.3. The van der Waals surface area contributed by atoms with Crippen LogP contribution in [-0.2, 0) is 16.6 Å². The third-order valence-corrected chi connectivity index (χ3v) is 5.24. The largest absolute Gasteiger partial charge is 0.356 e. The Morgan fingerprint density at radius 1 is 1.25 bits per heavy atom. The van der Waals surface area contributed by atoms with Crippen molar-refractivity contribution in [2.24, 2.45) is 4.99 Å². The van der Waals surface area contributed by atoms with Crippen molar-refractivity contribution >= 4 is 40.0 Å². The Labute approximate surface area is 161 Å². The topological polar surface area (TPSA) is 73.8 Å². The average Bonchev–Trinajstić information content (AvgIpc) is 2.55. The molecule has 0 spiro atoms. The number of guanidine groups is 1. The van der Waals surface area contributed by atoms with Gasteiger partial charge in [0.1, 0.15) is 5.82 Å². The minimum absolute atomic E-state index is 0. The van der Waals surface area contributed by atoms with Crippen molar-refractivity contribution in [1.29, 1.82) is 0 Å². The number of sulfonamides is 1. The van der Waals surface area contributed by atoms with Gasteiger partial charge in [-0.15, -0.1) is 24.0 Å². The van der Waals surface area contributed by atoms with Crippen molar-refractivity contribution < 1.29 is 12.8 Å². The van der Waals surface area contributed by atoms with Crippen LogP contribution in [0.4, 0.5) is 4.39 Å². The summed E-state index contributed by atoms with van der Waals surface area (Å²) in [6.07, 6.45) is 0.674. The third-order valence-electron chi connectivity index (χ3n) is 3.38. The molecule has 1 rings (SSSR count). The van der Waals surface area contributed by atoms with E-state index in [9.17, 15) is 12.8 Å². The van der Waals surface area contributed by atoms with Crippen LogP contribution in [0.3, 0.4) is 0 Å². The molecule has 138 valence electrons. The average molecular weight is 472 g/mol. The molecule has 2 N–H and O–H groups in total. The fourth-order valence-corrected chi connectivity index (χ4v) is 2.72. The summed E-state index contributed by atoms with van der Waals surface area (Å²) in [6, 6.07) is 6.24. The van der Waals surface area contributed by atoms with E-state index in [-0.39, 0.29) is 35.5 Å². The number of benzene rings is 1. The van der Waals surface area contributed by atoms with E-state index < -0.39 is 10.0 Å². The van der Waals surface area contributed by atoms with Crippen molar-refractivity contribution in [2.45, 2.75) is 19.9 Å². The first-order chi connectivity index (χ1) is 10.9. The van der Waals surface area contributed by atoms with Crippen LogP contribution in [-0.4, -0.2) is 51.6 Å². The molecule has 0 bridgehead atoms. The lowest BCUT2D eigenvalue weighted by Crippen LogP contribution is -2.38. The second kappa shape index (κ2) is 11.6. The van der Waals surface area contributed by atoms with Gasteiger partial charge in [-0.25, -0.2) is 17.1 Å². The van der Waals surface area contributed by atoms with Crippen LogP contribution in [0.5, 0.6) is 0 Å². The van der Waals surface area contributed by atoms with Crippen LogP contribution < -0.4 is 10.6 Å². The van der Waals surface area contributed by atoms with Gasteiger partial charge in [0, 0.05) is 33.7 Å². The summed E-state index contributed by atoms with van der Waals surface area (Å²) in [5.74, 6) is 0.468. The van der Waals surface area contributed by atoms with Crippen molar-refractivity contribution in [3.8, 4) is 0 Å². The second-order valence-corrected chi connectivity index (χ2v) is 7.42. The highest BCUT2D eigenvalue weighted by Gasteiger charge is 2.13. The van der Waals surface area contributed by atoms with E-state index in [0.717, 1.165) is 5.56 Å². The number of rotatable bonds is 8. The molecule has 0 heterocycles. The van der Waals surface area contributed by atoms with Crippen LogP contribution in [0, 0.1) is 5.82 Å². The quantitative estimate of drug-likeness (QED) is 0.262. The number of hydrogen-bond acceptors (Lipinski definition) is 3. The molecule has 0 aliphatic carbocycles. The van der Waals surface area contributed by atoms with E-state index in [2.05, 4.69) is 15.6 Å². The summed E-state index contributed by atoms with van der Waals surface area (Å²) in [5.41, 5.74) is 0.947. The summed E-state index contributed by atoms with van der Waals surface area (Å²) >= 11 is 0. The Morgan fingerprint density at radius 2 is 1.88 bits per heavy atom. The first-order valence-electron chi connectivity index (χ1n) is 7.52. The van der Waals surface area contributed by atoms with Crippen LogP contribution in [0.25, 0.3) is 0 Å². The van der Waals surface area contributed by atoms with Gasteiger partial charge in [-0.3, -0.25) is 4.99 Å². The molecule has 0 fully saturated rings. The number of nitrogens with one attached hydrogen (secondary N) is 2. The van der Waals surface area contributed by atoms with Crippen molar-refractivity contribution in [3.63, 3.8) is 0 Å². The minimum atomic E-state index is -3.13. The number of nitrogens with zero attached hydrogens (tertiary/aromatic N) is 2. The predicted octanol–water partition coefficient (Wildman–Crippen LogP) is 1.78. The van der Waals surface area contributed by atoms with Crippen molar-refractivity contribution in [2.75, 3.05) is 32.9 Å². The molecule has 0 saturated carbocycles. The molecular formula is C15H26FIN4O2S. The molecule has 24 heavy (non-hydrogen) atoms. The molecular weight excluding hydrogens is 446 g/mol. The molecule has 0 unspecified atom stereocenters. The highest BCUT2D eigenvalue weighted by atomic mass is 127. The highest BCUT2D eigenvalue weighted by molar-refractivity contribution is 14.0. The molecule has 0 aromatic heterocycles. The maximum Gasteiger partial charge on any atom is 0.213 e. The molecule has 1 aromatic carbocycles. The van der Waals surface area contributed by atoms with E-state index >= 15 is 0 Å². The molecule has 0 aliphatic rings. The fraction of sp³-hybridized carbons (Fsp3) is 0.533. The van der Waals surface area contributed by atoms with Gasteiger partial charge in [0.25, 0.3) is 0 Å². The number of aliphatic imine (C=N–C) groups is 1. The summed E-state index contributed by atoms with van der Waals surface area (Å²) in [7, 11) is 0.119. The van der Waals surface area contributed by atoms with Crippen LogP contribution in [0.15, 0.2) is 29.3 Å². The van der Waals surface area contributed by atoms with E-state index in [1.54, 1.807) is 33.2 Å². The maximum absolute atomic E-state index is 12.8. The Morgan fingerprint density at radius 3 is 2.42 bits per heavy atom. The van der Waals surface area contributed by atoms with E-state index in [0.29, 0.717) is 32.0 Å². The van der Waals surface area contributed by atoms with Gasteiger partial charge < -0.3 is 10.6 Å². The first-order valence-corrected chi connectivity index (χ1v) is 9.13. The first kappa shape index (κ1) is 23.1. The molecule has 0 aliphatic heterocycles. The summed E-state index contributed by atoms with van der Waals surface area (Å²) in [6.45, 7) is 3.22. The van der Waals surface area contributed by atoms with E-state index in [1.807, 2.05) is 0 Å². The smallest absolute Gasteiger partial charge is 0.213 e. The summed E-state index contributed by atoms with van der Waals surface area (Å²) in [5, 5.41) is 6.24. The summed E-state index contributed by atoms with van der Waals surface area (Å²) < 4.78 is 37.4. The van der Waals surface area contributed by atoms with Gasteiger partial charge in [-0.05, 0) is 31.0 Å². The lowest BCUT2D eigenvalue weighted by Gasteiger charge is -2.16. The second-order valence-electron chi connectivity index (χ2n) is 5.05. The molecule has 6 nitrogen and oxygen atoms in total. The standard InChI is InChI=1S/C15H25FN4O2S.HI/c1-4-23(21,22)20(3)11-5-10-18-15(17-2)19-12-13-6-8-14(16)9-7-13;/h6-9H,4-5,10-12H2,1-3H3,(H2,17,18,19);1H. The third kappa shape index (κ3) is 8.25. The van der Waals surface area contributed by atoms with Crippen LogP contribution >= 0.6 is 24.0 Å². The van der Waals surface area contributed by atoms with Gasteiger partial charge in [-0.1, -0.05) is 12.1 Å². The Bertz CT molecular complexity index is 608. The Kier molecular flexibility index (Phi) is 11.1. The Hall–Kier alpha value is -0.940. The van der Waals surface area contributed by atoms with Gasteiger partial charge in [0.15, 0.2) is 5.96 Å². The molecule has 9 heteroatoms. The molecule has 0 amide bonds. The number of hydrogen-bond donors (Lipinski definition) is 2. The van der Waals surface area contributed by atoms with E-state index in [4.69, 9.17) is 0 Å². The van der Waals surface area contributed by atoms with Gasteiger partial charge in [0.05, 0.1) is 5.75 Å². The maximum atomic E-state index is 12.8. The molecule has 0 atom stereocenters. The normalized spacial score (nSPS) is 12.0. The van der Waals surface area contributed by atoms with Gasteiger partial charge >= 0.3 is 0 Å². The minimum Gasteiger partial charge on any atom is -0.356 e. The highest BCUT2D eigenvalue weighted by Crippen LogP contribution is 2.02. The lowest BCUT2D eigenvalue weighted by molar-refractivity contribution is 0.461. The zero-order valence-corrected chi connectivity index (χ0v) is 17.4. The van der Waals surface area contributed by atoms with E-state index in [1.165, 1.54) is 16.4 Å². The fourth-order valence-electron chi connectivity index (χ4n) is 1.88. The number of halogens is 2. The predicted molar refractivity (Wildman–Crippen MR) is 107 cm³/mol. The van der Waals surface area contributed by atoms with Gasteiger partial charge in [-0.2, -0.15) is 0 Å². The van der Waals surface area contributed by atoms with Crippen molar-refractivity contribution in [3.05, 3.63) is 35.6 Å². The molecule has 0 saturated heterocycles. The summed E-state index contributed by atoms with van der Waals surface area (Å²) in [4.78, 5) is 4.09. The van der Waals surface area contributed by atoms with Crippen LogP contribution in [0.1, 0.15) is 18.9 Å². The SMILES string of the molecule is CCS(=O)(=O)N(C)CCCNC(=NC)NCc1ccc(F)cc1.I. The lowest BCUT2D eigenvalue weighted by atomic mass is 10.2. The van der Waals surface area contributed by atoms with Crippen molar-refractivity contribution in [1.82, 2.24) is 14.9 Å². The monoisotopic (exact) mass is 472 g/mol. The van der Waals surface area contributed by atoms with Gasteiger partial charge in [0.2, 0.25) is 10.0 Å². The zero-order valence-electron chi connectivity index (χ0n) is 14.3. The Balaban J connectivity index is 0.00000529.